The molecule has 0 aromatic carbocycles. The number of nitrogens with zero attached hydrogens (tertiary/aromatic N) is 1. The molecule has 1 unspecified atom stereocenters. The lowest BCUT2D eigenvalue weighted by Crippen LogP contribution is -2.49. The van der Waals surface area contributed by atoms with E-state index in [1.807, 2.05) is 0 Å². The summed E-state index contributed by atoms with van der Waals surface area (Å²) in [7, 11) is 0. The Morgan fingerprint density at radius 1 is 1.38 bits per heavy atom. The molecule has 1 aliphatic rings. The SMILES string of the molecule is CC1CN(C(C)C)C(C)(C)CCN1. The molecule has 0 amide bonds. The molecule has 0 bridgehead atoms. The highest BCUT2D eigenvalue weighted by Crippen LogP contribution is 2.23. The van der Waals surface area contributed by atoms with Gasteiger partial charge in [-0.2, -0.15) is 0 Å². The number of hydrogen-bond donors (Lipinski definition) is 1. The van der Waals surface area contributed by atoms with E-state index in [4.69, 9.17) is 0 Å². The van der Waals surface area contributed by atoms with Crippen molar-refractivity contribution in [3.8, 4) is 0 Å². The summed E-state index contributed by atoms with van der Waals surface area (Å²) in [5, 5.41) is 3.54. The molecule has 78 valence electrons. The zero-order valence-corrected chi connectivity index (χ0v) is 9.72. The fourth-order valence-corrected chi connectivity index (χ4v) is 2.28. The van der Waals surface area contributed by atoms with Crippen molar-refractivity contribution in [2.75, 3.05) is 13.1 Å². The van der Waals surface area contributed by atoms with Crippen LogP contribution in [0.5, 0.6) is 0 Å². The second-order valence-electron chi connectivity index (χ2n) is 5.16. The Bertz CT molecular complexity index is 163. The molecule has 0 radical (unpaired) electrons. The van der Waals surface area contributed by atoms with Crippen LogP contribution in [0.4, 0.5) is 0 Å². The van der Waals surface area contributed by atoms with Gasteiger partial charge in [-0.25, -0.2) is 0 Å². The van der Waals surface area contributed by atoms with Crippen LogP contribution in [-0.2, 0) is 0 Å². The van der Waals surface area contributed by atoms with E-state index in [9.17, 15) is 0 Å². The van der Waals surface area contributed by atoms with E-state index in [0.29, 0.717) is 17.6 Å². The van der Waals surface area contributed by atoms with E-state index >= 15 is 0 Å². The fraction of sp³-hybridized carbons (Fsp3) is 1.00. The number of rotatable bonds is 1. The van der Waals surface area contributed by atoms with Crippen LogP contribution >= 0.6 is 0 Å². The zero-order chi connectivity index (χ0) is 10.1. The minimum absolute atomic E-state index is 0.353. The van der Waals surface area contributed by atoms with Crippen molar-refractivity contribution < 1.29 is 0 Å². The summed E-state index contributed by atoms with van der Waals surface area (Å²) in [6.07, 6.45) is 1.25. The molecule has 1 fully saturated rings. The van der Waals surface area contributed by atoms with Gasteiger partial charge in [0.2, 0.25) is 0 Å². The van der Waals surface area contributed by atoms with Crippen molar-refractivity contribution in [2.45, 2.75) is 58.7 Å². The molecule has 1 atom stereocenters. The van der Waals surface area contributed by atoms with Crippen molar-refractivity contribution in [3.63, 3.8) is 0 Å². The maximum atomic E-state index is 3.54. The lowest BCUT2D eigenvalue weighted by atomic mass is 9.97. The van der Waals surface area contributed by atoms with Gasteiger partial charge in [0.15, 0.2) is 0 Å². The topological polar surface area (TPSA) is 15.3 Å². The molecular weight excluding hydrogens is 160 g/mol. The van der Waals surface area contributed by atoms with Crippen molar-refractivity contribution in [2.24, 2.45) is 0 Å². The van der Waals surface area contributed by atoms with Crippen molar-refractivity contribution >= 4 is 0 Å². The molecule has 0 aliphatic carbocycles. The molecule has 0 aromatic heterocycles. The van der Waals surface area contributed by atoms with Gasteiger partial charge in [0, 0.05) is 24.2 Å². The van der Waals surface area contributed by atoms with Gasteiger partial charge in [-0.15, -0.1) is 0 Å². The fourth-order valence-electron chi connectivity index (χ4n) is 2.28. The van der Waals surface area contributed by atoms with E-state index in [1.165, 1.54) is 13.0 Å². The van der Waals surface area contributed by atoms with Gasteiger partial charge >= 0.3 is 0 Å². The number of nitrogens with one attached hydrogen (secondary N) is 1. The first-order valence-electron chi connectivity index (χ1n) is 5.43. The monoisotopic (exact) mass is 184 g/mol. The van der Waals surface area contributed by atoms with Gasteiger partial charge in [0.05, 0.1) is 0 Å². The Morgan fingerprint density at radius 3 is 2.54 bits per heavy atom. The van der Waals surface area contributed by atoms with Crippen LogP contribution < -0.4 is 5.32 Å². The highest BCUT2D eigenvalue weighted by atomic mass is 15.2. The second kappa shape index (κ2) is 3.97. The normalized spacial score (nSPS) is 30.5. The molecule has 0 aromatic rings. The lowest BCUT2D eigenvalue weighted by Gasteiger charge is -2.40. The van der Waals surface area contributed by atoms with Crippen LogP contribution in [0.25, 0.3) is 0 Å². The minimum atomic E-state index is 0.353. The average Bonchev–Trinajstić information content (AvgIpc) is 2.10. The van der Waals surface area contributed by atoms with Gasteiger partial charge in [0.1, 0.15) is 0 Å². The minimum Gasteiger partial charge on any atom is -0.313 e. The van der Waals surface area contributed by atoms with E-state index in [-0.39, 0.29) is 0 Å². The van der Waals surface area contributed by atoms with Gasteiger partial charge in [-0.05, 0) is 47.6 Å². The van der Waals surface area contributed by atoms with E-state index in [2.05, 4.69) is 44.8 Å². The molecule has 1 N–H and O–H groups in total. The third kappa shape index (κ3) is 2.68. The summed E-state index contributed by atoms with van der Waals surface area (Å²) < 4.78 is 0. The Kier molecular flexibility index (Phi) is 3.36. The standard InChI is InChI=1S/C11H24N2/c1-9(2)13-8-10(3)12-7-6-11(13,4)5/h9-10,12H,6-8H2,1-5H3. The first kappa shape index (κ1) is 11.0. The van der Waals surface area contributed by atoms with E-state index in [0.717, 1.165) is 6.54 Å². The first-order chi connectivity index (χ1) is 5.93. The summed E-state index contributed by atoms with van der Waals surface area (Å²) in [4.78, 5) is 2.61. The zero-order valence-electron chi connectivity index (χ0n) is 9.72. The Balaban J connectivity index is 2.72. The number of hydrogen-bond acceptors (Lipinski definition) is 2. The van der Waals surface area contributed by atoms with Gasteiger partial charge in [-0.1, -0.05) is 0 Å². The van der Waals surface area contributed by atoms with Crippen molar-refractivity contribution in [3.05, 3.63) is 0 Å². The molecule has 0 spiro atoms. The Labute approximate surface area is 82.7 Å². The van der Waals surface area contributed by atoms with Crippen LogP contribution in [0.3, 0.4) is 0 Å². The molecule has 0 saturated carbocycles. The van der Waals surface area contributed by atoms with Gasteiger partial charge in [0.25, 0.3) is 0 Å². The van der Waals surface area contributed by atoms with Crippen molar-refractivity contribution in [1.29, 1.82) is 0 Å². The molecule has 1 aliphatic heterocycles. The molecule has 1 saturated heterocycles. The smallest absolute Gasteiger partial charge is 0.0168 e. The summed E-state index contributed by atoms with van der Waals surface area (Å²) in [5.74, 6) is 0. The molecule has 13 heavy (non-hydrogen) atoms. The third-order valence-corrected chi connectivity index (χ3v) is 3.10. The summed E-state index contributed by atoms with van der Waals surface area (Å²) in [5.41, 5.74) is 0.353. The second-order valence-corrected chi connectivity index (χ2v) is 5.16. The summed E-state index contributed by atoms with van der Waals surface area (Å²) >= 11 is 0. The van der Waals surface area contributed by atoms with Crippen LogP contribution in [0.1, 0.15) is 41.0 Å². The molecular formula is C11H24N2. The highest BCUT2D eigenvalue weighted by molar-refractivity contribution is 4.89. The highest BCUT2D eigenvalue weighted by Gasteiger charge is 2.31. The van der Waals surface area contributed by atoms with Gasteiger partial charge in [-0.3, -0.25) is 4.90 Å². The molecule has 2 heteroatoms. The quantitative estimate of drug-likeness (QED) is 0.669. The molecule has 1 rings (SSSR count). The molecule has 2 nitrogen and oxygen atoms in total. The lowest BCUT2D eigenvalue weighted by molar-refractivity contribution is 0.0856. The van der Waals surface area contributed by atoms with Crippen LogP contribution in [0.15, 0.2) is 0 Å². The van der Waals surface area contributed by atoms with E-state index < -0.39 is 0 Å². The first-order valence-corrected chi connectivity index (χ1v) is 5.43. The van der Waals surface area contributed by atoms with E-state index in [1.54, 1.807) is 0 Å². The predicted molar refractivity (Wildman–Crippen MR) is 58.0 cm³/mol. The van der Waals surface area contributed by atoms with Crippen LogP contribution in [0.2, 0.25) is 0 Å². The third-order valence-electron chi connectivity index (χ3n) is 3.10. The largest absolute Gasteiger partial charge is 0.313 e. The molecule has 1 heterocycles. The van der Waals surface area contributed by atoms with Crippen LogP contribution in [-0.4, -0.2) is 35.6 Å². The summed E-state index contributed by atoms with van der Waals surface area (Å²) in [6, 6.07) is 1.28. The maximum Gasteiger partial charge on any atom is 0.0168 e. The average molecular weight is 184 g/mol. The Hall–Kier alpha value is -0.0800. The maximum absolute atomic E-state index is 3.54. The van der Waals surface area contributed by atoms with Crippen LogP contribution in [0, 0.1) is 0 Å². The predicted octanol–water partition coefficient (Wildman–Crippen LogP) is 1.86. The summed E-state index contributed by atoms with van der Waals surface area (Å²) in [6.45, 7) is 13.9. The Morgan fingerprint density at radius 2 is 2.00 bits per heavy atom. The van der Waals surface area contributed by atoms with Crippen molar-refractivity contribution in [1.82, 2.24) is 10.2 Å². The van der Waals surface area contributed by atoms with Gasteiger partial charge < -0.3 is 5.32 Å².